The molecule has 1 aliphatic rings. The largest absolute Gasteiger partial charge is 0.397 e. The van der Waals surface area contributed by atoms with Crippen molar-refractivity contribution in [3.05, 3.63) is 23.0 Å². The Bertz CT molecular complexity index is 409. The van der Waals surface area contributed by atoms with Gasteiger partial charge in [-0.15, -0.1) is 0 Å². The van der Waals surface area contributed by atoms with E-state index in [0.29, 0.717) is 11.6 Å². The number of benzene rings is 1. The Morgan fingerprint density at radius 1 is 1.53 bits per heavy atom. The Labute approximate surface area is 107 Å². The molecule has 94 valence electrons. The normalized spacial score (nSPS) is 20.6. The molecule has 0 spiro atoms. The van der Waals surface area contributed by atoms with Gasteiger partial charge in [0.15, 0.2) is 0 Å². The van der Waals surface area contributed by atoms with Crippen LogP contribution in [0.15, 0.2) is 12.1 Å². The van der Waals surface area contributed by atoms with Gasteiger partial charge in [0.2, 0.25) is 0 Å². The minimum Gasteiger partial charge on any atom is -0.397 e. The van der Waals surface area contributed by atoms with Crippen molar-refractivity contribution in [1.82, 2.24) is 0 Å². The van der Waals surface area contributed by atoms with E-state index in [4.69, 9.17) is 17.3 Å². The smallest absolute Gasteiger partial charge is 0.143 e. The maximum absolute atomic E-state index is 13.2. The van der Waals surface area contributed by atoms with Crippen LogP contribution >= 0.6 is 11.6 Å². The van der Waals surface area contributed by atoms with Crippen molar-refractivity contribution >= 4 is 23.0 Å². The lowest BCUT2D eigenvalue weighted by atomic mass is 9.95. The molecule has 0 bridgehead atoms. The zero-order valence-corrected chi connectivity index (χ0v) is 10.8. The zero-order valence-electron chi connectivity index (χ0n) is 10.0. The van der Waals surface area contributed by atoms with E-state index in [1.165, 1.54) is 18.9 Å². The molecular weight excluding hydrogens is 239 g/mol. The predicted molar refractivity (Wildman–Crippen MR) is 71.1 cm³/mol. The van der Waals surface area contributed by atoms with Crippen LogP contribution < -0.4 is 10.6 Å². The van der Waals surface area contributed by atoms with Gasteiger partial charge in [0.05, 0.1) is 16.4 Å². The first-order chi connectivity index (χ1) is 8.11. The summed E-state index contributed by atoms with van der Waals surface area (Å²) in [5.74, 6) is 0.254. The van der Waals surface area contributed by atoms with Crippen LogP contribution in [0.5, 0.6) is 0 Å². The van der Waals surface area contributed by atoms with Crippen LogP contribution in [0.4, 0.5) is 15.8 Å². The Morgan fingerprint density at radius 2 is 2.29 bits per heavy atom. The number of nitrogens with zero attached hydrogens (tertiary/aromatic N) is 1. The third-order valence-corrected chi connectivity index (χ3v) is 3.80. The number of nitrogen functional groups attached to an aromatic ring is 1. The van der Waals surface area contributed by atoms with Gasteiger partial charge in [-0.1, -0.05) is 24.9 Å². The van der Waals surface area contributed by atoms with Crippen LogP contribution in [0.3, 0.4) is 0 Å². The molecule has 0 saturated carbocycles. The zero-order chi connectivity index (χ0) is 12.4. The van der Waals surface area contributed by atoms with Crippen LogP contribution in [0, 0.1) is 11.7 Å². The molecule has 1 aromatic carbocycles. The van der Waals surface area contributed by atoms with E-state index in [1.807, 2.05) is 0 Å². The van der Waals surface area contributed by atoms with Crippen LogP contribution in [-0.4, -0.2) is 13.1 Å². The molecule has 0 radical (unpaired) electrons. The highest BCUT2D eigenvalue weighted by Gasteiger charge is 2.21. The lowest BCUT2D eigenvalue weighted by Crippen LogP contribution is -2.35. The summed E-state index contributed by atoms with van der Waals surface area (Å²) in [6.07, 6.45) is 3.60. The van der Waals surface area contributed by atoms with Crippen LogP contribution in [-0.2, 0) is 0 Å². The van der Waals surface area contributed by atoms with E-state index in [-0.39, 0.29) is 5.02 Å². The number of anilines is 2. The summed E-state index contributed by atoms with van der Waals surface area (Å²) in [5.41, 5.74) is 7.21. The van der Waals surface area contributed by atoms with Crippen molar-refractivity contribution in [2.24, 2.45) is 5.92 Å². The van der Waals surface area contributed by atoms with Crippen molar-refractivity contribution in [3.63, 3.8) is 0 Å². The topological polar surface area (TPSA) is 29.3 Å². The van der Waals surface area contributed by atoms with Crippen molar-refractivity contribution in [3.8, 4) is 0 Å². The summed E-state index contributed by atoms with van der Waals surface area (Å²) in [7, 11) is 0. The highest BCUT2D eigenvalue weighted by atomic mass is 35.5. The number of nitrogens with two attached hydrogens (primary N) is 1. The molecule has 1 unspecified atom stereocenters. The van der Waals surface area contributed by atoms with Gasteiger partial charge < -0.3 is 10.6 Å². The third-order valence-electron chi connectivity index (χ3n) is 3.51. The Morgan fingerprint density at radius 3 is 3.00 bits per heavy atom. The highest BCUT2D eigenvalue weighted by molar-refractivity contribution is 6.31. The Balaban J connectivity index is 2.24. The molecular formula is C13H18ClFN2. The molecule has 1 aromatic rings. The summed E-state index contributed by atoms with van der Waals surface area (Å²) in [5, 5.41) is 0.146. The van der Waals surface area contributed by atoms with Crippen molar-refractivity contribution in [2.45, 2.75) is 26.2 Å². The van der Waals surface area contributed by atoms with E-state index in [9.17, 15) is 4.39 Å². The van der Waals surface area contributed by atoms with Gasteiger partial charge in [-0.05, 0) is 24.8 Å². The van der Waals surface area contributed by atoms with Crippen molar-refractivity contribution in [1.29, 1.82) is 0 Å². The average molecular weight is 257 g/mol. The molecule has 1 saturated heterocycles. The molecule has 0 aromatic heterocycles. The summed E-state index contributed by atoms with van der Waals surface area (Å²) in [6.45, 7) is 4.17. The molecule has 17 heavy (non-hydrogen) atoms. The number of hydrogen-bond acceptors (Lipinski definition) is 2. The summed E-state index contributed by atoms with van der Waals surface area (Å²) >= 11 is 5.82. The van der Waals surface area contributed by atoms with Crippen molar-refractivity contribution in [2.75, 3.05) is 23.7 Å². The fourth-order valence-electron chi connectivity index (χ4n) is 2.44. The predicted octanol–water partition coefficient (Wildman–Crippen LogP) is 3.69. The molecule has 2 nitrogen and oxygen atoms in total. The first kappa shape index (κ1) is 12.5. The first-order valence-electron chi connectivity index (χ1n) is 6.11. The minimum absolute atomic E-state index is 0.146. The highest BCUT2D eigenvalue weighted by Crippen LogP contribution is 2.32. The van der Waals surface area contributed by atoms with Gasteiger partial charge in [0, 0.05) is 19.2 Å². The molecule has 1 fully saturated rings. The molecule has 2 N–H and O–H groups in total. The Hall–Kier alpha value is -0.960. The maximum atomic E-state index is 13.2. The second kappa shape index (κ2) is 5.13. The van der Waals surface area contributed by atoms with E-state index in [1.54, 1.807) is 6.07 Å². The SMILES string of the molecule is CCC1CCCN(c2cc(Cl)c(F)cc2N)C1. The van der Waals surface area contributed by atoms with Crippen LogP contribution in [0.25, 0.3) is 0 Å². The van der Waals surface area contributed by atoms with Gasteiger partial charge in [0.25, 0.3) is 0 Å². The maximum Gasteiger partial charge on any atom is 0.143 e. The number of halogens is 2. The average Bonchev–Trinajstić information content (AvgIpc) is 2.34. The quantitative estimate of drug-likeness (QED) is 0.818. The van der Waals surface area contributed by atoms with Gasteiger partial charge >= 0.3 is 0 Å². The Kier molecular flexibility index (Phi) is 3.77. The lowest BCUT2D eigenvalue weighted by molar-refractivity contribution is 0.405. The van der Waals surface area contributed by atoms with Gasteiger partial charge in [0.1, 0.15) is 5.82 Å². The van der Waals surface area contributed by atoms with E-state index >= 15 is 0 Å². The van der Waals surface area contributed by atoms with E-state index < -0.39 is 5.82 Å². The van der Waals surface area contributed by atoms with Crippen molar-refractivity contribution < 1.29 is 4.39 Å². The van der Waals surface area contributed by atoms with Crippen LogP contribution in [0.1, 0.15) is 26.2 Å². The summed E-state index contributed by atoms with van der Waals surface area (Å²) in [6, 6.07) is 2.96. The molecule has 1 heterocycles. The molecule has 0 amide bonds. The van der Waals surface area contributed by atoms with E-state index in [0.717, 1.165) is 25.2 Å². The molecule has 0 aliphatic carbocycles. The standard InChI is InChI=1S/C13H18ClFN2/c1-2-9-4-3-5-17(8-9)13-6-10(14)11(15)7-12(13)16/h6-7,9H,2-5,8,16H2,1H3. The van der Waals surface area contributed by atoms with Gasteiger partial charge in [-0.25, -0.2) is 4.39 Å². The first-order valence-corrected chi connectivity index (χ1v) is 6.49. The second-order valence-corrected chi connectivity index (χ2v) is 5.09. The molecule has 4 heteroatoms. The molecule has 2 rings (SSSR count). The van der Waals surface area contributed by atoms with E-state index in [2.05, 4.69) is 11.8 Å². The number of rotatable bonds is 2. The lowest BCUT2D eigenvalue weighted by Gasteiger charge is -2.34. The monoisotopic (exact) mass is 256 g/mol. The molecule has 1 atom stereocenters. The number of piperidine rings is 1. The van der Waals surface area contributed by atoms with Gasteiger partial charge in [-0.2, -0.15) is 0 Å². The fourth-order valence-corrected chi connectivity index (χ4v) is 2.60. The van der Waals surface area contributed by atoms with Gasteiger partial charge in [-0.3, -0.25) is 0 Å². The van der Waals surface area contributed by atoms with Crippen LogP contribution in [0.2, 0.25) is 5.02 Å². The number of hydrogen-bond donors (Lipinski definition) is 1. The minimum atomic E-state index is -0.447. The third kappa shape index (κ3) is 2.65. The fraction of sp³-hybridized carbons (Fsp3) is 0.538. The second-order valence-electron chi connectivity index (χ2n) is 4.69. The summed E-state index contributed by atoms with van der Waals surface area (Å²) in [4.78, 5) is 2.22. The summed E-state index contributed by atoms with van der Waals surface area (Å²) < 4.78 is 13.2. The molecule has 1 aliphatic heterocycles.